The van der Waals surface area contributed by atoms with E-state index in [-0.39, 0.29) is 12.1 Å². The van der Waals surface area contributed by atoms with Gasteiger partial charge in [0.25, 0.3) is 0 Å². The lowest BCUT2D eigenvalue weighted by Crippen LogP contribution is -2.20. The van der Waals surface area contributed by atoms with Crippen LogP contribution in [0.5, 0.6) is 0 Å². The standard InChI is InChI=1S/C11H14FN3O2/c12-10-4-3-9(6-11(10)15(16)17)14-8-2-1-7(13)5-8/h3-4,6-8,14H,1-2,5,13H2. The van der Waals surface area contributed by atoms with E-state index in [4.69, 9.17) is 5.73 Å². The van der Waals surface area contributed by atoms with Crippen LogP contribution in [0, 0.1) is 15.9 Å². The van der Waals surface area contributed by atoms with Crippen molar-refractivity contribution in [1.29, 1.82) is 0 Å². The van der Waals surface area contributed by atoms with Gasteiger partial charge in [-0.3, -0.25) is 10.1 Å². The van der Waals surface area contributed by atoms with Crippen molar-refractivity contribution in [2.75, 3.05) is 5.32 Å². The fraction of sp³-hybridized carbons (Fsp3) is 0.455. The summed E-state index contributed by atoms with van der Waals surface area (Å²) in [6.07, 6.45) is 2.72. The van der Waals surface area contributed by atoms with Crippen molar-refractivity contribution in [3.05, 3.63) is 34.1 Å². The number of benzene rings is 1. The molecule has 1 aromatic carbocycles. The van der Waals surface area contributed by atoms with Gasteiger partial charge < -0.3 is 11.1 Å². The number of nitrogens with zero attached hydrogens (tertiary/aromatic N) is 1. The second-order valence-corrected chi connectivity index (χ2v) is 4.34. The number of hydrogen-bond donors (Lipinski definition) is 2. The van der Waals surface area contributed by atoms with Crippen LogP contribution < -0.4 is 11.1 Å². The normalized spacial score (nSPS) is 23.6. The van der Waals surface area contributed by atoms with Gasteiger partial charge in [-0.25, -0.2) is 0 Å². The summed E-state index contributed by atoms with van der Waals surface area (Å²) in [6.45, 7) is 0. The molecule has 0 bridgehead atoms. The minimum absolute atomic E-state index is 0.183. The minimum Gasteiger partial charge on any atom is -0.382 e. The number of anilines is 1. The van der Waals surface area contributed by atoms with Gasteiger partial charge in [0, 0.05) is 23.8 Å². The molecule has 2 unspecified atom stereocenters. The van der Waals surface area contributed by atoms with Crippen molar-refractivity contribution in [1.82, 2.24) is 0 Å². The van der Waals surface area contributed by atoms with Crippen molar-refractivity contribution >= 4 is 11.4 Å². The number of hydrogen-bond acceptors (Lipinski definition) is 4. The highest BCUT2D eigenvalue weighted by Gasteiger charge is 2.22. The van der Waals surface area contributed by atoms with Crippen LogP contribution >= 0.6 is 0 Å². The Morgan fingerprint density at radius 2 is 2.24 bits per heavy atom. The number of halogens is 1. The van der Waals surface area contributed by atoms with E-state index in [2.05, 4.69) is 5.32 Å². The molecule has 0 radical (unpaired) electrons. The van der Waals surface area contributed by atoms with E-state index in [1.165, 1.54) is 12.1 Å². The summed E-state index contributed by atoms with van der Waals surface area (Å²) in [5.74, 6) is -0.816. The molecule has 0 heterocycles. The summed E-state index contributed by atoms with van der Waals surface area (Å²) in [6, 6.07) is 4.23. The van der Waals surface area contributed by atoms with E-state index in [0.717, 1.165) is 25.3 Å². The molecule has 17 heavy (non-hydrogen) atoms. The summed E-state index contributed by atoms with van der Waals surface area (Å²) >= 11 is 0. The van der Waals surface area contributed by atoms with Crippen molar-refractivity contribution in [3.8, 4) is 0 Å². The quantitative estimate of drug-likeness (QED) is 0.624. The molecule has 2 atom stereocenters. The van der Waals surface area contributed by atoms with Crippen LogP contribution in [0.4, 0.5) is 15.8 Å². The highest BCUT2D eigenvalue weighted by atomic mass is 19.1. The van der Waals surface area contributed by atoms with Gasteiger partial charge in [0.05, 0.1) is 4.92 Å². The first-order valence-electron chi connectivity index (χ1n) is 5.52. The lowest BCUT2D eigenvalue weighted by Gasteiger charge is -2.13. The predicted octanol–water partition coefficient (Wildman–Crippen LogP) is 2.03. The van der Waals surface area contributed by atoms with Crippen LogP contribution in [0.25, 0.3) is 0 Å². The Hall–Kier alpha value is -1.69. The molecule has 0 aliphatic heterocycles. The number of rotatable bonds is 3. The lowest BCUT2D eigenvalue weighted by atomic mass is 10.2. The molecule has 3 N–H and O–H groups in total. The smallest absolute Gasteiger partial charge is 0.306 e. The van der Waals surface area contributed by atoms with E-state index in [9.17, 15) is 14.5 Å². The summed E-state index contributed by atoms with van der Waals surface area (Å²) < 4.78 is 13.1. The zero-order valence-electron chi connectivity index (χ0n) is 9.23. The van der Waals surface area contributed by atoms with E-state index < -0.39 is 16.4 Å². The molecular weight excluding hydrogens is 225 g/mol. The lowest BCUT2D eigenvalue weighted by molar-refractivity contribution is -0.387. The second kappa shape index (κ2) is 4.67. The Kier molecular flexibility index (Phi) is 3.23. The Morgan fingerprint density at radius 1 is 1.47 bits per heavy atom. The van der Waals surface area contributed by atoms with Gasteiger partial charge in [-0.05, 0) is 31.4 Å². The predicted molar refractivity (Wildman–Crippen MR) is 62.3 cm³/mol. The molecule has 1 aliphatic rings. The number of nitrogens with two attached hydrogens (primary N) is 1. The van der Waals surface area contributed by atoms with Gasteiger partial charge in [-0.1, -0.05) is 0 Å². The zero-order valence-corrected chi connectivity index (χ0v) is 9.23. The number of nitrogens with one attached hydrogen (secondary N) is 1. The van der Waals surface area contributed by atoms with E-state index in [0.29, 0.717) is 5.69 Å². The van der Waals surface area contributed by atoms with Crippen molar-refractivity contribution in [3.63, 3.8) is 0 Å². The molecule has 1 fully saturated rings. The molecule has 0 aromatic heterocycles. The molecule has 1 aromatic rings. The average molecular weight is 239 g/mol. The maximum Gasteiger partial charge on any atom is 0.306 e. The summed E-state index contributed by atoms with van der Waals surface area (Å²) in [7, 11) is 0. The Morgan fingerprint density at radius 3 is 2.82 bits per heavy atom. The Labute approximate surface area is 98.0 Å². The SMILES string of the molecule is NC1CCC(Nc2ccc(F)c([N+](=O)[O-])c2)C1. The van der Waals surface area contributed by atoms with Crippen LogP contribution in [0.15, 0.2) is 18.2 Å². The maximum absolute atomic E-state index is 13.1. The molecule has 5 nitrogen and oxygen atoms in total. The van der Waals surface area contributed by atoms with Gasteiger partial charge in [-0.15, -0.1) is 0 Å². The third-order valence-corrected chi connectivity index (χ3v) is 2.99. The first-order valence-corrected chi connectivity index (χ1v) is 5.52. The number of nitro groups is 1. The van der Waals surface area contributed by atoms with Crippen molar-refractivity contribution in [2.45, 2.75) is 31.3 Å². The molecule has 6 heteroatoms. The molecule has 0 spiro atoms. The van der Waals surface area contributed by atoms with Crippen molar-refractivity contribution in [2.24, 2.45) is 5.73 Å². The Bertz CT molecular complexity index is 439. The maximum atomic E-state index is 13.1. The van der Waals surface area contributed by atoms with Gasteiger partial charge in [0.2, 0.25) is 5.82 Å². The third kappa shape index (κ3) is 2.71. The van der Waals surface area contributed by atoms with Crippen LogP contribution in [-0.2, 0) is 0 Å². The molecule has 1 aliphatic carbocycles. The third-order valence-electron chi connectivity index (χ3n) is 2.99. The molecular formula is C11H14FN3O2. The van der Waals surface area contributed by atoms with Gasteiger partial charge in [-0.2, -0.15) is 4.39 Å². The fourth-order valence-corrected chi connectivity index (χ4v) is 2.13. The summed E-state index contributed by atoms with van der Waals surface area (Å²) in [5.41, 5.74) is 5.84. The average Bonchev–Trinajstić information content (AvgIpc) is 2.66. The van der Waals surface area contributed by atoms with Crippen LogP contribution in [0.3, 0.4) is 0 Å². The first-order chi connectivity index (χ1) is 8.06. The molecule has 92 valence electrons. The molecule has 1 saturated carbocycles. The van der Waals surface area contributed by atoms with Crippen LogP contribution in [0.1, 0.15) is 19.3 Å². The summed E-state index contributed by atoms with van der Waals surface area (Å²) in [5, 5.41) is 13.7. The highest BCUT2D eigenvalue weighted by molar-refractivity contribution is 5.52. The van der Waals surface area contributed by atoms with E-state index in [1.54, 1.807) is 0 Å². The van der Waals surface area contributed by atoms with Gasteiger partial charge in [0.15, 0.2) is 0 Å². The first kappa shape index (κ1) is 11.8. The summed E-state index contributed by atoms with van der Waals surface area (Å²) in [4.78, 5) is 9.86. The number of nitro benzene ring substituents is 1. The van der Waals surface area contributed by atoms with Gasteiger partial charge in [0.1, 0.15) is 0 Å². The molecule has 0 amide bonds. The van der Waals surface area contributed by atoms with Gasteiger partial charge >= 0.3 is 5.69 Å². The topological polar surface area (TPSA) is 81.2 Å². The highest BCUT2D eigenvalue weighted by Crippen LogP contribution is 2.25. The van der Waals surface area contributed by atoms with Crippen LogP contribution in [0.2, 0.25) is 0 Å². The fourth-order valence-electron chi connectivity index (χ4n) is 2.13. The van der Waals surface area contributed by atoms with Crippen molar-refractivity contribution < 1.29 is 9.31 Å². The van der Waals surface area contributed by atoms with Crippen LogP contribution in [-0.4, -0.2) is 17.0 Å². The minimum atomic E-state index is -0.816. The van der Waals surface area contributed by atoms with E-state index >= 15 is 0 Å². The van der Waals surface area contributed by atoms with E-state index in [1.807, 2.05) is 0 Å². The second-order valence-electron chi connectivity index (χ2n) is 4.34. The molecule has 2 rings (SSSR count). The Balaban J connectivity index is 2.11. The largest absolute Gasteiger partial charge is 0.382 e. The monoisotopic (exact) mass is 239 g/mol. The molecule has 0 saturated heterocycles. The zero-order chi connectivity index (χ0) is 12.4.